The summed E-state index contributed by atoms with van der Waals surface area (Å²) in [5.74, 6) is 0. The standard InChI is InChI=1S/C35H35NP2/c1-2-3-28-36(38(33-23-12-6-13-24-33)34-25-14-7-15-26-34)29-30-18-16-17-27-35(30)37(31-19-8-4-9-20-31)32-21-10-5-11-22-32/h4-27H,2-3,28-29H2,1H3. The van der Waals surface area contributed by atoms with Crippen LogP contribution in [0.15, 0.2) is 146 Å². The van der Waals surface area contributed by atoms with E-state index in [4.69, 9.17) is 0 Å². The topological polar surface area (TPSA) is 3.24 Å². The third-order valence-corrected chi connectivity index (χ3v) is 11.7. The smallest absolute Gasteiger partial charge is 0.0284 e. The van der Waals surface area contributed by atoms with Gasteiger partial charge in [0.1, 0.15) is 0 Å². The van der Waals surface area contributed by atoms with E-state index < -0.39 is 16.0 Å². The SMILES string of the molecule is CCCCN(Cc1ccccc1P(c1ccccc1)c1ccccc1)P(c1ccccc1)c1ccccc1. The zero-order valence-corrected chi connectivity index (χ0v) is 23.8. The number of nitrogens with zero attached hydrogens (tertiary/aromatic N) is 1. The van der Waals surface area contributed by atoms with E-state index in [0.717, 1.165) is 13.1 Å². The van der Waals surface area contributed by atoms with E-state index in [2.05, 4.69) is 157 Å². The number of unbranched alkanes of at least 4 members (excludes halogenated alkanes) is 1. The fourth-order valence-corrected chi connectivity index (χ4v) is 9.80. The van der Waals surface area contributed by atoms with Crippen LogP contribution < -0.4 is 26.5 Å². The zero-order valence-electron chi connectivity index (χ0n) is 22.0. The van der Waals surface area contributed by atoms with E-state index in [1.54, 1.807) is 0 Å². The Morgan fingerprint density at radius 3 is 1.39 bits per heavy atom. The molecule has 0 aliphatic carbocycles. The highest BCUT2D eigenvalue weighted by Gasteiger charge is 2.25. The van der Waals surface area contributed by atoms with Gasteiger partial charge in [-0.1, -0.05) is 159 Å². The summed E-state index contributed by atoms with van der Waals surface area (Å²) < 4.78 is 2.76. The van der Waals surface area contributed by atoms with Crippen molar-refractivity contribution in [3.8, 4) is 0 Å². The van der Waals surface area contributed by atoms with Gasteiger partial charge in [0.2, 0.25) is 0 Å². The molecular weight excluding hydrogens is 496 g/mol. The third-order valence-electron chi connectivity index (χ3n) is 6.67. The molecule has 0 saturated heterocycles. The maximum atomic E-state index is 2.76. The molecule has 5 aromatic carbocycles. The Hall–Kier alpha value is -3.08. The first kappa shape index (κ1) is 26.5. The Labute approximate surface area is 230 Å². The van der Waals surface area contributed by atoms with Gasteiger partial charge in [-0.2, -0.15) is 0 Å². The van der Waals surface area contributed by atoms with Crippen molar-refractivity contribution in [1.29, 1.82) is 0 Å². The van der Waals surface area contributed by atoms with Crippen LogP contribution >= 0.6 is 16.0 Å². The Bertz CT molecular complexity index is 1300. The van der Waals surface area contributed by atoms with Crippen LogP contribution in [0.5, 0.6) is 0 Å². The minimum atomic E-state index is -0.658. The fourth-order valence-electron chi connectivity index (χ4n) is 4.85. The van der Waals surface area contributed by atoms with Crippen LogP contribution in [0, 0.1) is 0 Å². The van der Waals surface area contributed by atoms with Crippen molar-refractivity contribution in [2.24, 2.45) is 0 Å². The second kappa shape index (κ2) is 13.6. The maximum Gasteiger partial charge on any atom is 0.0284 e. The van der Waals surface area contributed by atoms with Gasteiger partial charge in [-0.25, -0.2) is 0 Å². The average molecular weight is 532 g/mol. The normalized spacial score (nSPS) is 11.4. The summed E-state index contributed by atoms with van der Waals surface area (Å²) in [6.45, 7) is 4.31. The molecule has 38 heavy (non-hydrogen) atoms. The first-order valence-electron chi connectivity index (χ1n) is 13.5. The van der Waals surface area contributed by atoms with Gasteiger partial charge in [0.15, 0.2) is 0 Å². The largest absolute Gasteiger partial charge is 0.270 e. The zero-order chi connectivity index (χ0) is 26.0. The van der Waals surface area contributed by atoms with E-state index in [9.17, 15) is 0 Å². The molecule has 0 spiro atoms. The molecular formula is C35H35NP2. The van der Waals surface area contributed by atoms with E-state index in [1.165, 1.54) is 44.9 Å². The van der Waals surface area contributed by atoms with Crippen LogP contribution in [-0.4, -0.2) is 11.2 Å². The van der Waals surface area contributed by atoms with Crippen molar-refractivity contribution in [2.75, 3.05) is 6.54 Å². The summed E-state index contributed by atoms with van der Waals surface area (Å²) in [5.41, 5.74) is 1.43. The Balaban J connectivity index is 1.59. The molecule has 0 heterocycles. The molecule has 0 N–H and O–H groups in total. The highest BCUT2D eigenvalue weighted by molar-refractivity contribution is 7.80. The molecule has 5 rings (SSSR count). The van der Waals surface area contributed by atoms with Gasteiger partial charge in [0.05, 0.1) is 0 Å². The first-order chi connectivity index (χ1) is 18.8. The van der Waals surface area contributed by atoms with Gasteiger partial charge >= 0.3 is 0 Å². The Morgan fingerprint density at radius 2 is 0.921 bits per heavy atom. The van der Waals surface area contributed by atoms with Crippen LogP contribution in [-0.2, 0) is 6.54 Å². The molecule has 0 bridgehead atoms. The van der Waals surface area contributed by atoms with Crippen LogP contribution in [0.2, 0.25) is 0 Å². The Morgan fingerprint density at radius 1 is 0.500 bits per heavy atom. The van der Waals surface area contributed by atoms with Gasteiger partial charge in [-0.05, 0) is 46.4 Å². The summed E-state index contributed by atoms with van der Waals surface area (Å²) in [4.78, 5) is 0. The van der Waals surface area contributed by atoms with Gasteiger partial charge in [0.25, 0.3) is 0 Å². The third kappa shape index (κ3) is 6.48. The lowest BCUT2D eigenvalue weighted by atomic mass is 10.2. The molecule has 0 aromatic heterocycles. The van der Waals surface area contributed by atoms with Crippen molar-refractivity contribution in [3.05, 3.63) is 151 Å². The second-order valence-corrected chi connectivity index (χ2v) is 13.8. The Kier molecular flexibility index (Phi) is 9.52. The van der Waals surface area contributed by atoms with Crippen molar-refractivity contribution in [1.82, 2.24) is 4.67 Å². The lowest BCUT2D eigenvalue weighted by Crippen LogP contribution is -2.32. The number of hydrogen-bond acceptors (Lipinski definition) is 1. The minimum absolute atomic E-state index is 0.649. The molecule has 0 atom stereocenters. The van der Waals surface area contributed by atoms with Crippen LogP contribution in [0.4, 0.5) is 0 Å². The number of hydrogen-bond donors (Lipinski definition) is 0. The van der Waals surface area contributed by atoms with Crippen LogP contribution in [0.3, 0.4) is 0 Å². The average Bonchev–Trinajstić information content (AvgIpc) is 2.99. The van der Waals surface area contributed by atoms with Crippen molar-refractivity contribution in [2.45, 2.75) is 26.3 Å². The van der Waals surface area contributed by atoms with E-state index >= 15 is 0 Å². The molecule has 0 fully saturated rings. The van der Waals surface area contributed by atoms with Crippen molar-refractivity contribution < 1.29 is 0 Å². The minimum Gasteiger partial charge on any atom is -0.270 e. The lowest BCUT2D eigenvalue weighted by Gasteiger charge is -2.34. The van der Waals surface area contributed by atoms with Crippen LogP contribution in [0.1, 0.15) is 25.3 Å². The van der Waals surface area contributed by atoms with E-state index in [1.807, 2.05) is 0 Å². The molecule has 190 valence electrons. The predicted octanol–water partition coefficient (Wildman–Crippen LogP) is 7.09. The fraction of sp³-hybridized carbons (Fsp3) is 0.143. The summed E-state index contributed by atoms with van der Waals surface area (Å²) in [6.07, 6.45) is 2.37. The molecule has 0 amide bonds. The first-order valence-corrected chi connectivity index (χ1v) is 16.1. The molecule has 0 saturated carbocycles. The van der Waals surface area contributed by atoms with Gasteiger partial charge in [-0.15, -0.1) is 0 Å². The van der Waals surface area contributed by atoms with E-state index in [0.29, 0.717) is 0 Å². The van der Waals surface area contributed by atoms with E-state index in [-0.39, 0.29) is 0 Å². The van der Waals surface area contributed by atoms with Crippen molar-refractivity contribution >= 4 is 42.5 Å². The molecule has 5 aromatic rings. The number of benzene rings is 5. The highest BCUT2D eigenvalue weighted by Crippen LogP contribution is 2.41. The van der Waals surface area contributed by atoms with Gasteiger partial charge in [0, 0.05) is 21.2 Å². The van der Waals surface area contributed by atoms with Gasteiger partial charge in [-0.3, -0.25) is 4.67 Å². The molecule has 0 radical (unpaired) electrons. The molecule has 0 aliphatic heterocycles. The van der Waals surface area contributed by atoms with Crippen molar-refractivity contribution in [3.63, 3.8) is 0 Å². The summed E-state index contributed by atoms with van der Waals surface area (Å²) in [6, 6.07) is 53.5. The lowest BCUT2D eigenvalue weighted by molar-refractivity contribution is 0.444. The summed E-state index contributed by atoms with van der Waals surface area (Å²) >= 11 is 0. The molecule has 3 heteroatoms. The molecule has 0 aliphatic rings. The summed E-state index contributed by atoms with van der Waals surface area (Å²) in [7, 11) is -1.31. The molecule has 0 unspecified atom stereocenters. The predicted molar refractivity (Wildman–Crippen MR) is 170 cm³/mol. The highest BCUT2D eigenvalue weighted by atomic mass is 31.1. The van der Waals surface area contributed by atoms with Crippen LogP contribution in [0.25, 0.3) is 0 Å². The summed E-state index contributed by atoms with van der Waals surface area (Å²) in [5, 5.41) is 7.08. The second-order valence-electron chi connectivity index (χ2n) is 9.36. The monoisotopic (exact) mass is 531 g/mol. The number of rotatable bonds is 11. The molecule has 1 nitrogen and oxygen atoms in total. The van der Waals surface area contributed by atoms with Gasteiger partial charge < -0.3 is 0 Å². The quantitative estimate of drug-likeness (QED) is 0.165. The maximum absolute atomic E-state index is 2.76.